The second kappa shape index (κ2) is 10.6. The summed E-state index contributed by atoms with van der Waals surface area (Å²) in [5.41, 5.74) is 12.4. The minimum absolute atomic E-state index is 0.0318. The molecule has 0 spiro atoms. The number of nitrogens with two attached hydrogens (primary N) is 2. The van der Waals surface area contributed by atoms with Gasteiger partial charge in [-0.3, -0.25) is 19.2 Å². The van der Waals surface area contributed by atoms with Gasteiger partial charge in [0.1, 0.15) is 11.5 Å². The van der Waals surface area contributed by atoms with Gasteiger partial charge in [-0.25, -0.2) is 0 Å². The second-order valence-electron chi connectivity index (χ2n) is 10.0. The van der Waals surface area contributed by atoms with E-state index in [2.05, 4.69) is 11.4 Å². The number of carbonyl (C=O) groups is 4. The number of benzene rings is 2. The van der Waals surface area contributed by atoms with E-state index < -0.39 is 35.3 Å². The molecule has 0 radical (unpaired) electrons. The summed E-state index contributed by atoms with van der Waals surface area (Å²) in [4.78, 5) is 51.3. The van der Waals surface area contributed by atoms with Crippen molar-refractivity contribution in [2.45, 2.75) is 56.5 Å². The van der Waals surface area contributed by atoms with E-state index in [1.807, 2.05) is 6.92 Å². The summed E-state index contributed by atoms with van der Waals surface area (Å²) in [6.45, 7) is 2.30. The van der Waals surface area contributed by atoms with E-state index in [-0.39, 0.29) is 30.0 Å². The third-order valence-electron chi connectivity index (χ3n) is 7.66. The maximum Gasteiger partial charge on any atom is 0.318 e. The number of nitrogens with one attached hydrogen (secondary N) is 1. The zero-order valence-corrected chi connectivity index (χ0v) is 21.2. The fraction of sp³-hybridized carbons (Fsp3) is 0.393. The molecule has 1 heterocycles. The average Bonchev–Trinajstić information content (AvgIpc) is 3.33. The highest BCUT2D eigenvalue weighted by Gasteiger charge is 2.47. The maximum absolute atomic E-state index is 13.2. The van der Waals surface area contributed by atoms with Crippen molar-refractivity contribution < 1.29 is 24.3 Å². The van der Waals surface area contributed by atoms with Gasteiger partial charge in [0.05, 0.1) is 12.6 Å². The maximum atomic E-state index is 13.2. The van der Waals surface area contributed by atoms with E-state index in [0.29, 0.717) is 48.1 Å². The molecule has 1 saturated heterocycles. The lowest BCUT2D eigenvalue weighted by Gasteiger charge is -2.35. The Morgan fingerprint density at radius 2 is 1.63 bits per heavy atom. The first-order chi connectivity index (χ1) is 18.1. The Morgan fingerprint density at radius 3 is 2.11 bits per heavy atom. The number of nitriles is 1. The van der Waals surface area contributed by atoms with Gasteiger partial charge in [-0.1, -0.05) is 12.1 Å². The van der Waals surface area contributed by atoms with Crippen molar-refractivity contribution in [3.8, 4) is 6.07 Å². The van der Waals surface area contributed by atoms with Gasteiger partial charge in [0, 0.05) is 23.7 Å². The van der Waals surface area contributed by atoms with Crippen LogP contribution in [0.1, 0.15) is 69.2 Å². The molecule has 2 aliphatic rings. The zero-order chi connectivity index (χ0) is 27.6. The highest BCUT2D eigenvalue weighted by atomic mass is 16.4. The van der Waals surface area contributed by atoms with Gasteiger partial charge in [-0.05, 0) is 85.5 Å². The topological polar surface area (TPSA) is 180 Å². The van der Waals surface area contributed by atoms with Crippen LogP contribution in [0.2, 0.25) is 0 Å². The molecule has 1 fully saturated rings. The number of rotatable bonds is 8. The molecule has 3 amide bonds. The van der Waals surface area contributed by atoms with Crippen LogP contribution in [0.3, 0.4) is 0 Å². The second-order valence-corrected chi connectivity index (χ2v) is 10.0. The molecule has 2 aromatic rings. The van der Waals surface area contributed by atoms with Gasteiger partial charge in [-0.15, -0.1) is 0 Å². The van der Waals surface area contributed by atoms with Gasteiger partial charge in [-0.2, -0.15) is 5.26 Å². The van der Waals surface area contributed by atoms with E-state index >= 15 is 0 Å². The van der Waals surface area contributed by atoms with Gasteiger partial charge >= 0.3 is 5.97 Å². The molecular weight excluding hydrogens is 486 g/mol. The molecule has 0 aromatic heterocycles. The Bertz CT molecular complexity index is 1280. The first-order valence-electron chi connectivity index (χ1n) is 12.6. The van der Waals surface area contributed by atoms with Crippen molar-refractivity contribution in [2.24, 2.45) is 11.5 Å². The molecule has 10 heteroatoms. The van der Waals surface area contributed by atoms with Crippen LogP contribution in [0.25, 0.3) is 0 Å². The van der Waals surface area contributed by atoms with Crippen molar-refractivity contribution >= 4 is 23.7 Å². The van der Waals surface area contributed by atoms with Gasteiger partial charge < -0.3 is 26.8 Å². The Morgan fingerprint density at radius 1 is 1.08 bits per heavy atom. The summed E-state index contributed by atoms with van der Waals surface area (Å²) < 4.78 is 0. The van der Waals surface area contributed by atoms with E-state index in [4.69, 9.17) is 11.5 Å². The Kier molecular flexibility index (Phi) is 7.51. The number of carbonyl (C=O) groups excluding carboxylic acids is 3. The number of aliphatic carboxylic acids is 1. The fourth-order valence-electron chi connectivity index (χ4n) is 5.79. The van der Waals surface area contributed by atoms with Crippen LogP contribution in [-0.2, 0) is 27.8 Å². The normalized spacial score (nSPS) is 18.4. The molecule has 0 saturated carbocycles. The zero-order valence-electron chi connectivity index (χ0n) is 21.2. The average molecular weight is 518 g/mol. The van der Waals surface area contributed by atoms with Gasteiger partial charge in [0.25, 0.3) is 0 Å². The predicted molar refractivity (Wildman–Crippen MR) is 138 cm³/mol. The molecule has 1 aliphatic heterocycles. The van der Waals surface area contributed by atoms with Crippen molar-refractivity contribution in [1.82, 2.24) is 10.2 Å². The molecule has 198 valence electrons. The van der Waals surface area contributed by atoms with Crippen LogP contribution in [0.15, 0.2) is 36.4 Å². The van der Waals surface area contributed by atoms with E-state index in [1.54, 1.807) is 29.2 Å². The minimum Gasteiger partial charge on any atom is -0.480 e. The van der Waals surface area contributed by atoms with Crippen LogP contribution >= 0.6 is 0 Å². The van der Waals surface area contributed by atoms with E-state index in [0.717, 1.165) is 6.42 Å². The summed E-state index contributed by atoms with van der Waals surface area (Å²) in [6, 6.07) is 10.9. The smallest absolute Gasteiger partial charge is 0.318 e. The number of hydrogen-bond donors (Lipinski definition) is 4. The molecule has 10 nitrogen and oxygen atoms in total. The van der Waals surface area contributed by atoms with Crippen molar-refractivity contribution in [1.29, 1.82) is 5.26 Å². The van der Waals surface area contributed by atoms with Crippen LogP contribution < -0.4 is 16.8 Å². The molecule has 1 unspecified atom stereocenters. The first kappa shape index (κ1) is 26.8. The highest BCUT2D eigenvalue weighted by molar-refractivity contribution is 5.95. The monoisotopic (exact) mass is 517 g/mol. The van der Waals surface area contributed by atoms with Crippen LogP contribution in [0, 0.1) is 11.3 Å². The largest absolute Gasteiger partial charge is 0.480 e. The molecule has 2 aromatic carbocycles. The number of nitrogens with zero attached hydrogens (tertiary/aromatic N) is 2. The predicted octanol–water partition coefficient (Wildman–Crippen LogP) is 1.24. The molecule has 38 heavy (non-hydrogen) atoms. The van der Waals surface area contributed by atoms with E-state index in [1.165, 1.54) is 12.1 Å². The summed E-state index contributed by atoms with van der Waals surface area (Å²) in [5, 5.41) is 23.3. The number of carboxylic acid groups (broad SMARTS) is 1. The summed E-state index contributed by atoms with van der Waals surface area (Å²) in [6.07, 6.45) is 2.38. The van der Waals surface area contributed by atoms with Crippen molar-refractivity contribution in [3.05, 3.63) is 69.8 Å². The molecule has 0 bridgehead atoms. The molecular formula is C28H31N5O5. The highest BCUT2D eigenvalue weighted by Crippen LogP contribution is 2.44. The quantitative estimate of drug-likeness (QED) is 0.406. The van der Waals surface area contributed by atoms with Gasteiger partial charge in [0.15, 0.2) is 0 Å². The number of amides is 3. The third-order valence-corrected chi connectivity index (χ3v) is 7.66. The number of primary amides is 2. The van der Waals surface area contributed by atoms with Crippen LogP contribution in [0.5, 0.6) is 0 Å². The fourth-order valence-corrected chi connectivity index (χ4v) is 5.79. The lowest BCUT2D eigenvalue weighted by molar-refractivity contribution is -0.142. The lowest BCUT2D eigenvalue weighted by atomic mass is 9.68. The van der Waals surface area contributed by atoms with E-state index in [9.17, 15) is 29.5 Å². The Labute approximate surface area is 220 Å². The summed E-state index contributed by atoms with van der Waals surface area (Å²) in [5.74, 6) is -2.52. The number of aryl methyl sites for hydroxylation is 2. The molecule has 6 N–H and O–H groups in total. The first-order valence-corrected chi connectivity index (χ1v) is 12.6. The molecule has 2 atom stereocenters. The van der Waals surface area contributed by atoms with Gasteiger partial charge in [0.2, 0.25) is 17.7 Å². The molecule has 4 rings (SSSR count). The SMILES string of the molecule is C[C@H](CC1(C(=O)O)c2ccc(C(N)=O)cc2CCc2cc(C(N)=O)ccc21)NCC(=O)N1CCCC1C#N. The number of likely N-dealkylation sites (tertiary alicyclic amines) is 1. The number of fused-ring (bicyclic) bond motifs is 2. The summed E-state index contributed by atoms with van der Waals surface area (Å²) >= 11 is 0. The minimum atomic E-state index is -1.54. The lowest BCUT2D eigenvalue weighted by Crippen LogP contribution is -2.47. The van der Waals surface area contributed by atoms with Crippen LogP contribution in [0.4, 0.5) is 0 Å². The standard InChI is InChI=1S/C28H31N5O5/c1-16(32-15-24(34)33-10-2-3-21(33)14-29)13-28(27(37)38)22-8-6-19(25(30)35)11-17(22)4-5-18-12-20(26(31)36)7-9-23(18)28/h6-9,11-12,16,21,32H,2-5,10,13,15H2,1H3,(H2,30,35)(H2,31,36)(H,37,38)/t16-,21?/m1/s1. The van der Waals surface area contributed by atoms with Crippen molar-refractivity contribution in [2.75, 3.05) is 13.1 Å². The number of hydrogen-bond acceptors (Lipinski definition) is 6. The molecule has 1 aliphatic carbocycles. The van der Waals surface area contributed by atoms with Crippen molar-refractivity contribution in [3.63, 3.8) is 0 Å². The van der Waals surface area contributed by atoms with Crippen LogP contribution in [-0.4, -0.2) is 58.9 Å². The Balaban J connectivity index is 1.74. The third kappa shape index (κ3) is 4.85. The summed E-state index contributed by atoms with van der Waals surface area (Å²) in [7, 11) is 0. The Hall–Kier alpha value is -4.23. The number of carboxylic acids is 1.